The summed E-state index contributed by atoms with van der Waals surface area (Å²) in [5, 5.41) is 10.8. The summed E-state index contributed by atoms with van der Waals surface area (Å²) in [5.74, 6) is -0.383. The molecule has 1 aliphatic heterocycles. The van der Waals surface area contributed by atoms with Gasteiger partial charge in [0, 0.05) is 24.0 Å². The number of hydrogen-bond acceptors (Lipinski definition) is 3. The first-order valence-corrected chi connectivity index (χ1v) is 8.39. The molecule has 126 valence electrons. The van der Waals surface area contributed by atoms with Crippen molar-refractivity contribution >= 4 is 21.8 Å². The highest BCUT2D eigenvalue weighted by molar-refractivity contribution is 9.10. The van der Waals surface area contributed by atoms with Crippen LogP contribution in [0.4, 0.5) is 8.78 Å². The van der Waals surface area contributed by atoms with Gasteiger partial charge in [-0.15, -0.1) is 0 Å². The van der Waals surface area contributed by atoms with E-state index in [9.17, 15) is 18.7 Å². The van der Waals surface area contributed by atoms with Crippen LogP contribution in [-0.2, 0) is 22.4 Å². The van der Waals surface area contributed by atoms with Gasteiger partial charge in [-0.25, -0.2) is 0 Å². The molecule has 1 unspecified atom stereocenters. The number of aryl methyl sites for hydroxylation is 1. The second kappa shape index (κ2) is 6.45. The molecule has 2 atom stereocenters. The fourth-order valence-electron chi connectivity index (χ4n) is 3.39. The zero-order valence-electron chi connectivity index (χ0n) is 12.5. The predicted molar refractivity (Wildman–Crippen MR) is 83.2 cm³/mol. The minimum Gasteiger partial charge on any atom is -0.380 e. The average Bonchev–Trinajstić information content (AvgIpc) is 2.94. The molecule has 0 radical (unpaired) electrons. The third-order valence-corrected chi connectivity index (χ3v) is 5.08. The fraction of sp³-hybridized carbons (Fsp3) is 0.562. The van der Waals surface area contributed by atoms with Crippen LogP contribution in [0.25, 0.3) is 0 Å². The topological polar surface area (TPSA) is 49.8 Å². The number of hydrogen-bond donors (Lipinski definition) is 1. The predicted octanol–water partition coefficient (Wildman–Crippen LogP) is 2.51. The Balaban J connectivity index is 1.69. The van der Waals surface area contributed by atoms with E-state index in [4.69, 9.17) is 0 Å². The van der Waals surface area contributed by atoms with Gasteiger partial charge in [-0.3, -0.25) is 4.79 Å². The smallest absolute Gasteiger partial charge is 0.345 e. The molecule has 1 aliphatic carbocycles. The number of fused-ring (bicyclic) bond motifs is 1. The number of carbonyl (C=O) groups excluding carboxylic acids is 1. The van der Waals surface area contributed by atoms with Crippen LogP contribution in [0.1, 0.15) is 24.0 Å². The zero-order valence-corrected chi connectivity index (χ0v) is 14.1. The molecule has 7 heteroatoms. The molecule has 0 saturated carbocycles. The Morgan fingerprint density at radius 3 is 2.96 bits per heavy atom. The number of halogens is 3. The highest BCUT2D eigenvalue weighted by Crippen LogP contribution is 2.33. The Bertz CT molecular complexity index is 613. The molecule has 4 nitrogen and oxygen atoms in total. The van der Waals surface area contributed by atoms with E-state index < -0.39 is 18.3 Å². The molecule has 0 aromatic heterocycles. The quantitative estimate of drug-likeness (QED) is 0.863. The lowest BCUT2D eigenvalue weighted by atomic mass is 9.79. The van der Waals surface area contributed by atoms with Gasteiger partial charge in [-0.05, 0) is 42.5 Å². The van der Waals surface area contributed by atoms with Crippen LogP contribution in [0.3, 0.4) is 0 Å². The lowest BCUT2D eigenvalue weighted by Gasteiger charge is -2.35. The SMILES string of the molecule is O=C(N1CC[C@H](OC(F)F)C1)C1(O)CCc2cc(Br)ccc2C1. The van der Waals surface area contributed by atoms with E-state index in [0.717, 1.165) is 15.6 Å². The highest BCUT2D eigenvalue weighted by atomic mass is 79.9. The lowest BCUT2D eigenvalue weighted by Crippen LogP contribution is -2.51. The second-order valence-electron chi connectivity index (χ2n) is 6.18. The lowest BCUT2D eigenvalue weighted by molar-refractivity contribution is -0.164. The van der Waals surface area contributed by atoms with E-state index in [1.807, 2.05) is 18.2 Å². The van der Waals surface area contributed by atoms with Crippen molar-refractivity contribution in [2.45, 2.75) is 44.0 Å². The number of benzene rings is 1. The van der Waals surface area contributed by atoms with Crippen LogP contribution in [0.2, 0.25) is 0 Å². The molecular formula is C16H18BrF2NO3. The number of ether oxygens (including phenoxy) is 1. The Hall–Kier alpha value is -1.05. The molecule has 1 aromatic carbocycles. The minimum absolute atomic E-state index is 0.110. The summed E-state index contributed by atoms with van der Waals surface area (Å²) in [6.45, 7) is -2.39. The van der Waals surface area contributed by atoms with Crippen LogP contribution in [0.5, 0.6) is 0 Å². The number of rotatable bonds is 3. The van der Waals surface area contributed by atoms with Gasteiger partial charge in [-0.2, -0.15) is 8.78 Å². The van der Waals surface area contributed by atoms with Gasteiger partial charge in [0.05, 0.1) is 6.10 Å². The first-order valence-electron chi connectivity index (χ1n) is 7.60. The maximum Gasteiger partial charge on any atom is 0.345 e. The maximum atomic E-state index is 12.7. The molecule has 0 spiro atoms. The normalized spacial score (nSPS) is 27.3. The van der Waals surface area contributed by atoms with Crippen molar-refractivity contribution in [3.8, 4) is 0 Å². The molecule has 1 N–H and O–H groups in total. The van der Waals surface area contributed by atoms with Gasteiger partial charge in [0.2, 0.25) is 0 Å². The number of nitrogens with zero attached hydrogens (tertiary/aromatic N) is 1. The van der Waals surface area contributed by atoms with E-state index in [1.165, 1.54) is 4.90 Å². The molecule has 3 rings (SSSR count). The largest absolute Gasteiger partial charge is 0.380 e. The van der Waals surface area contributed by atoms with E-state index in [-0.39, 0.29) is 18.9 Å². The Morgan fingerprint density at radius 1 is 1.43 bits per heavy atom. The summed E-state index contributed by atoms with van der Waals surface area (Å²) in [5.41, 5.74) is 0.618. The van der Waals surface area contributed by atoms with Gasteiger partial charge in [-0.1, -0.05) is 22.0 Å². The Kier molecular flexibility index (Phi) is 4.71. The summed E-state index contributed by atoms with van der Waals surface area (Å²) >= 11 is 3.42. The van der Waals surface area contributed by atoms with Crippen molar-refractivity contribution in [2.75, 3.05) is 13.1 Å². The zero-order chi connectivity index (χ0) is 16.6. The molecule has 1 aromatic rings. The van der Waals surface area contributed by atoms with Crippen molar-refractivity contribution < 1.29 is 23.4 Å². The number of likely N-dealkylation sites (tertiary alicyclic amines) is 1. The van der Waals surface area contributed by atoms with E-state index >= 15 is 0 Å². The summed E-state index contributed by atoms with van der Waals surface area (Å²) in [6.07, 6.45) is 0.920. The molecule has 1 heterocycles. The van der Waals surface area contributed by atoms with E-state index in [2.05, 4.69) is 20.7 Å². The van der Waals surface area contributed by atoms with Crippen molar-refractivity contribution in [1.82, 2.24) is 4.90 Å². The molecule has 1 saturated heterocycles. The summed E-state index contributed by atoms with van der Waals surface area (Å²) < 4.78 is 30.0. The second-order valence-corrected chi connectivity index (χ2v) is 7.10. The van der Waals surface area contributed by atoms with Crippen molar-refractivity contribution in [2.24, 2.45) is 0 Å². The van der Waals surface area contributed by atoms with Crippen molar-refractivity contribution in [1.29, 1.82) is 0 Å². The van der Waals surface area contributed by atoms with Crippen molar-refractivity contribution in [3.05, 3.63) is 33.8 Å². The van der Waals surface area contributed by atoms with Crippen LogP contribution >= 0.6 is 15.9 Å². The number of amides is 1. The maximum absolute atomic E-state index is 12.7. The standard InChI is InChI=1S/C16H18BrF2NO3/c17-12-2-1-11-8-16(22,5-3-10(11)7-12)14(21)20-6-4-13(9-20)23-15(18)19/h1-2,7,13,15,22H,3-6,8-9H2/t13-,16?/m0/s1. The Labute approximate surface area is 141 Å². The fourth-order valence-corrected chi connectivity index (χ4v) is 3.80. The molecule has 23 heavy (non-hydrogen) atoms. The van der Waals surface area contributed by atoms with Gasteiger partial charge in [0.1, 0.15) is 5.60 Å². The molecule has 1 fully saturated rings. The molecular weight excluding hydrogens is 372 g/mol. The summed E-state index contributed by atoms with van der Waals surface area (Å²) in [6, 6.07) is 5.79. The van der Waals surface area contributed by atoms with Crippen LogP contribution < -0.4 is 0 Å². The number of aliphatic hydroxyl groups is 1. The third kappa shape index (κ3) is 3.56. The monoisotopic (exact) mass is 389 g/mol. The van der Waals surface area contributed by atoms with E-state index in [1.54, 1.807) is 0 Å². The third-order valence-electron chi connectivity index (χ3n) is 4.58. The Morgan fingerprint density at radius 2 is 2.22 bits per heavy atom. The van der Waals surface area contributed by atoms with Crippen LogP contribution in [0, 0.1) is 0 Å². The van der Waals surface area contributed by atoms with Gasteiger partial charge >= 0.3 is 6.61 Å². The minimum atomic E-state index is -2.84. The van der Waals surface area contributed by atoms with Gasteiger partial charge in [0.15, 0.2) is 0 Å². The molecule has 2 aliphatic rings. The molecule has 1 amide bonds. The van der Waals surface area contributed by atoms with Crippen LogP contribution in [-0.4, -0.2) is 47.3 Å². The van der Waals surface area contributed by atoms with Gasteiger partial charge < -0.3 is 14.7 Å². The number of carbonyl (C=O) groups is 1. The highest BCUT2D eigenvalue weighted by Gasteiger charge is 2.44. The first kappa shape index (κ1) is 16.8. The van der Waals surface area contributed by atoms with Gasteiger partial charge in [0.25, 0.3) is 5.91 Å². The number of alkyl halides is 2. The average molecular weight is 390 g/mol. The summed E-state index contributed by atoms with van der Waals surface area (Å²) in [4.78, 5) is 14.1. The molecule has 0 bridgehead atoms. The van der Waals surface area contributed by atoms with Crippen molar-refractivity contribution in [3.63, 3.8) is 0 Å². The van der Waals surface area contributed by atoms with Crippen LogP contribution in [0.15, 0.2) is 22.7 Å². The first-order chi connectivity index (χ1) is 10.9. The van der Waals surface area contributed by atoms with E-state index in [0.29, 0.717) is 25.8 Å². The summed E-state index contributed by atoms with van der Waals surface area (Å²) in [7, 11) is 0.